The third-order valence-electron chi connectivity index (χ3n) is 4.87. The second kappa shape index (κ2) is 4.93. The summed E-state index contributed by atoms with van der Waals surface area (Å²) in [6.07, 6.45) is 1.72. The average molecular weight is 327 g/mol. The van der Waals surface area contributed by atoms with E-state index in [0.29, 0.717) is 0 Å². The Morgan fingerprint density at radius 3 is 2.48 bits per heavy atom. The lowest BCUT2D eigenvalue weighted by atomic mass is 9.92. The molecule has 4 heteroatoms. The summed E-state index contributed by atoms with van der Waals surface area (Å²) in [7, 11) is 0. The highest BCUT2D eigenvalue weighted by atomic mass is 16.3. The molecule has 4 nitrogen and oxygen atoms in total. The molecule has 0 N–H and O–H groups in total. The van der Waals surface area contributed by atoms with Crippen molar-refractivity contribution < 1.29 is 4.42 Å². The minimum Gasteiger partial charge on any atom is -0.462 e. The first-order valence-corrected chi connectivity index (χ1v) is 8.37. The minimum atomic E-state index is 0.757. The van der Waals surface area contributed by atoms with E-state index in [4.69, 9.17) is 4.42 Å². The van der Waals surface area contributed by atoms with Gasteiger partial charge in [-0.2, -0.15) is 5.10 Å². The maximum Gasteiger partial charge on any atom is 0.164 e. The van der Waals surface area contributed by atoms with Crippen LogP contribution in [0.15, 0.2) is 53.1 Å². The molecule has 0 aliphatic rings. The van der Waals surface area contributed by atoms with Gasteiger partial charge in [0.15, 0.2) is 11.2 Å². The molecule has 3 heterocycles. The Balaban J connectivity index is 2.07. The van der Waals surface area contributed by atoms with Crippen LogP contribution in [-0.2, 0) is 0 Å². The van der Waals surface area contributed by atoms with Gasteiger partial charge >= 0.3 is 0 Å². The molecule has 0 unspecified atom stereocenters. The summed E-state index contributed by atoms with van der Waals surface area (Å²) in [5.41, 5.74) is 7.61. The van der Waals surface area contributed by atoms with E-state index < -0.39 is 0 Å². The Morgan fingerprint density at radius 2 is 1.68 bits per heavy atom. The molecule has 2 aromatic carbocycles. The van der Waals surface area contributed by atoms with E-state index in [-0.39, 0.29) is 0 Å². The Morgan fingerprint density at radius 1 is 0.920 bits per heavy atom. The molecule has 0 amide bonds. The van der Waals surface area contributed by atoms with E-state index in [1.165, 1.54) is 22.3 Å². The molecule has 0 fully saturated rings. The van der Waals surface area contributed by atoms with Gasteiger partial charge < -0.3 is 4.42 Å². The van der Waals surface area contributed by atoms with Crippen LogP contribution in [0.25, 0.3) is 38.6 Å². The first kappa shape index (κ1) is 14.2. The summed E-state index contributed by atoms with van der Waals surface area (Å²) in [5, 5.41) is 6.70. The quantitative estimate of drug-likeness (QED) is 0.424. The van der Waals surface area contributed by atoms with E-state index >= 15 is 0 Å². The number of rotatable bonds is 1. The van der Waals surface area contributed by atoms with Crippen LogP contribution >= 0.6 is 0 Å². The van der Waals surface area contributed by atoms with Gasteiger partial charge in [0.05, 0.1) is 6.26 Å². The van der Waals surface area contributed by atoms with Crippen LogP contribution in [0, 0.1) is 20.8 Å². The van der Waals surface area contributed by atoms with Crippen molar-refractivity contribution in [1.82, 2.24) is 14.6 Å². The maximum absolute atomic E-state index is 5.90. The molecule has 0 saturated carbocycles. The third kappa shape index (κ3) is 1.88. The number of pyridine rings is 1. The Hall–Kier alpha value is -3.14. The van der Waals surface area contributed by atoms with E-state index in [1.807, 2.05) is 17.5 Å². The molecule has 5 aromatic rings. The number of benzene rings is 2. The number of aryl methyl sites for hydroxylation is 3. The van der Waals surface area contributed by atoms with Crippen LogP contribution in [0.3, 0.4) is 0 Å². The fraction of sp³-hybridized carbons (Fsp3) is 0.143. The molecule has 0 aliphatic carbocycles. The predicted molar refractivity (Wildman–Crippen MR) is 99.9 cm³/mol. The molecule has 0 saturated heterocycles. The highest BCUT2D eigenvalue weighted by Crippen LogP contribution is 2.38. The Kier molecular flexibility index (Phi) is 2.80. The van der Waals surface area contributed by atoms with Gasteiger partial charge in [-0.05, 0) is 43.0 Å². The van der Waals surface area contributed by atoms with E-state index in [2.05, 4.69) is 60.3 Å². The number of nitrogens with zero attached hydrogens (tertiary/aromatic N) is 3. The average Bonchev–Trinajstić information content (AvgIpc) is 3.20. The fourth-order valence-corrected chi connectivity index (χ4v) is 3.84. The van der Waals surface area contributed by atoms with Crippen LogP contribution in [0.1, 0.15) is 17.0 Å². The van der Waals surface area contributed by atoms with Crippen LogP contribution in [0.4, 0.5) is 0 Å². The number of aromatic nitrogens is 3. The van der Waals surface area contributed by atoms with Crippen LogP contribution in [0.5, 0.6) is 0 Å². The Bertz CT molecular complexity index is 1260. The third-order valence-corrected chi connectivity index (χ3v) is 4.87. The molecule has 0 radical (unpaired) electrons. The fourth-order valence-electron chi connectivity index (χ4n) is 3.84. The minimum absolute atomic E-state index is 0.757. The van der Waals surface area contributed by atoms with Crippen LogP contribution < -0.4 is 0 Å². The molecular formula is C21H17N3O. The molecule has 5 rings (SSSR count). The zero-order chi connectivity index (χ0) is 17.1. The normalized spacial score (nSPS) is 11.8. The van der Waals surface area contributed by atoms with E-state index in [1.54, 1.807) is 6.26 Å². The van der Waals surface area contributed by atoms with Crippen molar-refractivity contribution >= 4 is 27.5 Å². The first-order chi connectivity index (χ1) is 12.1. The maximum atomic E-state index is 5.90. The number of hydrogen-bond donors (Lipinski definition) is 0. The summed E-state index contributed by atoms with van der Waals surface area (Å²) >= 11 is 0. The van der Waals surface area contributed by atoms with Crippen molar-refractivity contribution in [2.45, 2.75) is 20.8 Å². The van der Waals surface area contributed by atoms with Crippen LogP contribution in [-0.4, -0.2) is 14.6 Å². The van der Waals surface area contributed by atoms with Gasteiger partial charge in [-0.1, -0.05) is 36.4 Å². The Labute approximate surface area is 144 Å². The standard InChI is InChI=1S/C21H17N3O/c1-12-6-4-7-13(2)18(12)15-8-5-9-16-19(15)20-17(10-11-25-20)24-21(16)22-14(3)23-24/h4-11H,1-3H3. The zero-order valence-corrected chi connectivity index (χ0v) is 14.4. The van der Waals surface area contributed by atoms with Gasteiger partial charge in [0, 0.05) is 16.8 Å². The summed E-state index contributed by atoms with van der Waals surface area (Å²) in [6.45, 7) is 6.22. The molecule has 0 atom stereocenters. The van der Waals surface area contributed by atoms with Gasteiger partial charge in [-0.15, -0.1) is 0 Å². The van der Waals surface area contributed by atoms with Gasteiger partial charge in [0.25, 0.3) is 0 Å². The van der Waals surface area contributed by atoms with Crippen molar-refractivity contribution in [2.24, 2.45) is 0 Å². The van der Waals surface area contributed by atoms with Gasteiger partial charge in [-0.25, -0.2) is 9.50 Å². The second-order valence-electron chi connectivity index (χ2n) is 6.52. The van der Waals surface area contributed by atoms with Crippen molar-refractivity contribution in [3.8, 4) is 11.1 Å². The molecule has 0 aliphatic heterocycles. The molecule has 25 heavy (non-hydrogen) atoms. The topological polar surface area (TPSA) is 43.3 Å². The second-order valence-corrected chi connectivity index (χ2v) is 6.52. The van der Waals surface area contributed by atoms with E-state index in [9.17, 15) is 0 Å². The molecule has 3 aromatic heterocycles. The lowest BCUT2D eigenvalue weighted by Gasteiger charge is -2.13. The summed E-state index contributed by atoms with van der Waals surface area (Å²) in [6, 6.07) is 14.7. The highest BCUT2D eigenvalue weighted by Gasteiger charge is 2.18. The summed E-state index contributed by atoms with van der Waals surface area (Å²) in [4.78, 5) is 4.66. The molecular weight excluding hydrogens is 310 g/mol. The monoisotopic (exact) mass is 327 g/mol. The zero-order valence-electron chi connectivity index (χ0n) is 14.4. The first-order valence-electron chi connectivity index (χ1n) is 8.37. The number of hydrogen-bond acceptors (Lipinski definition) is 3. The highest BCUT2D eigenvalue weighted by molar-refractivity contribution is 6.15. The molecule has 0 bridgehead atoms. The number of furan rings is 1. The van der Waals surface area contributed by atoms with Crippen molar-refractivity contribution in [3.05, 3.63) is 65.7 Å². The summed E-state index contributed by atoms with van der Waals surface area (Å²) < 4.78 is 7.78. The smallest absolute Gasteiger partial charge is 0.164 e. The van der Waals surface area contributed by atoms with Crippen molar-refractivity contribution in [3.63, 3.8) is 0 Å². The van der Waals surface area contributed by atoms with Crippen molar-refractivity contribution in [1.29, 1.82) is 0 Å². The van der Waals surface area contributed by atoms with E-state index in [0.717, 1.165) is 33.3 Å². The van der Waals surface area contributed by atoms with Crippen LogP contribution in [0.2, 0.25) is 0 Å². The van der Waals surface area contributed by atoms with Gasteiger partial charge in [0.2, 0.25) is 0 Å². The lowest BCUT2D eigenvalue weighted by Crippen LogP contribution is -1.94. The van der Waals surface area contributed by atoms with Crippen molar-refractivity contribution in [2.75, 3.05) is 0 Å². The lowest BCUT2D eigenvalue weighted by molar-refractivity contribution is 0.618. The SMILES string of the molecule is Cc1nc2c3cccc(-c4c(C)cccc4C)c3c3occc3n2n1. The summed E-state index contributed by atoms with van der Waals surface area (Å²) in [5.74, 6) is 0.757. The van der Waals surface area contributed by atoms with Gasteiger partial charge in [0.1, 0.15) is 11.3 Å². The largest absolute Gasteiger partial charge is 0.462 e. The molecule has 0 spiro atoms. The molecule has 122 valence electrons. The number of fused-ring (bicyclic) bond motifs is 6. The predicted octanol–water partition coefficient (Wildman–Crippen LogP) is 5.22. The van der Waals surface area contributed by atoms with Gasteiger partial charge in [-0.3, -0.25) is 0 Å².